The fourth-order valence-corrected chi connectivity index (χ4v) is 3.69. The molecule has 1 aliphatic heterocycles. The topological polar surface area (TPSA) is 72.9 Å². The van der Waals surface area contributed by atoms with Gasteiger partial charge in [0.15, 0.2) is 5.78 Å². The van der Waals surface area contributed by atoms with Crippen LogP contribution in [0.15, 0.2) is 54.6 Å². The molecule has 0 aromatic heterocycles. The number of hydrogen-bond acceptors (Lipinski definition) is 5. The van der Waals surface area contributed by atoms with Gasteiger partial charge in [0.2, 0.25) is 5.91 Å². The Bertz CT molecular complexity index is 894. The van der Waals surface area contributed by atoms with Crippen LogP contribution in [0.25, 0.3) is 0 Å². The molecule has 6 nitrogen and oxygen atoms in total. The standard InChI is InChI=1S/C25H29NO5/c1-18(14-23(27)21-8-10-22(30-2)11-9-21)25(29)31-17-20-15-24(28)26(16-20)13-12-19-6-4-3-5-7-19/h3-11,18,20H,12-17H2,1-2H3/t18-,20-/m1/s1. The number of benzene rings is 2. The first kappa shape index (κ1) is 22.5. The van der Waals surface area contributed by atoms with Crippen LogP contribution in [-0.2, 0) is 20.7 Å². The van der Waals surface area contributed by atoms with Crippen molar-refractivity contribution < 1.29 is 23.9 Å². The lowest BCUT2D eigenvalue weighted by molar-refractivity contribution is -0.149. The Morgan fingerprint density at radius 1 is 1.10 bits per heavy atom. The Hall–Kier alpha value is -3.15. The van der Waals surface area contributed by atoms with Crippen molar-refractivity contribution >= 4 is 17.7 Å². The molecule has 1 heterocycles. The highest BCUT2D eigenvalue weighted by molar-refractivity contribution is 5.98. The molecule has 0 radical (unpaired) electrons. The van der Waals surface area contributed by atoms with E-state index >= 15 is 0 Å². The summed E-state index contributed by atoms with van der Waals surface area (Å²) in [5, 5.41) is 0. The molecule has 0 saturated carbocycles. The number of amides is 1. The van der Waals surface area contributed by atoms with Crippen molar-refractivity contribution in [1.82, 2.24) is 4.90 Å². The molecule has 164 valence electrons. The van der Waals surface area contributed by atoms with Crippen LogP contribution in [0.5, 0.6) is 5.75 Å². The maximum absolute atomic E-state index is 12.4. The molecular weight excluding hydrogens is 394 g/mol. The SMILES string of the molecule is COc1ccc(C(=O)C[C@@H](C)C(=O)OC[C@@H]2CC(=O)N(CCc3ccccc3)C2)cc1. The highest BCUT2D eigenvalue weighted by Crippen LogP contribution is 2.20. The lowest BCUT2D eigenvalue weighted by Gasteiger charge is -2.17. The zero-order valence-corrected chi connectivity index (χ0v) is 18.1. The van der Waals surface area contributed by atoms with Crippen molar-refractivity contribution in [2.45, 2.75) is 26.2 Å². The maximum Gasteiger partial charge on any atom is 0.309 e. The fraction of sp³-hybridized carbons (Fsp3) is 0.400. The van der Waals surface area contributed by atoms with Gasteiger partial charge in [0.05, 0.1) is 19.6 Å². The summed E-state index contributed by atoms with van der Waals surface area (Å²) in [5.41, 5.74) is 1.73. The minimum Gasteiger partial charge on any atom is -0.497 e. The molecule has 1 amide bonds. The van der Waals surface area contributed by atoms with E-state index in [0.717, 1.165) is 6.42 Å². The van der Waals surface area contributed by atoms with Crippen LogP contribution in [0.3, 0.4) is 0 Å². The molecule has 1 saturated heterocycles. The summed E-state index contributed by atoms with van der Waals surface area (Å²) in [5.74, 6) is -0.294. The van der Waals surface area contributed by atoms with Crippen LogP contribution in [0.4, 0.5) is 0 Å². The van der Waals surface area contributed by atoms with Crippen LogP contribution in [0.1, 0.15) is 35.7 Å². The van der Waals surface area contributed by atoms with E-state index in [1.807, 2.05) is 23.1 Å². The maximum atomic E-state index is 12.4. The summed E-state index contributed by atoms with van der Waals surface area (Å²) in [6, 6.07) is 16.9. The van der Waals surface area contributed by atoms with Gasteiger partial charge in [0, 0.05) is 37.4 Å². The Balaban J connectivity index is 1.41. The molecule has 1 aliphatic rings. The normalized spacial score (nSPS) is 16.8. The molecule has 2 atom stereocenters. The zero-order valence-electron chi connectivity index (χ0n) is 18.1. The van der Waals surface area contributed by atoms with E-state index < -0.39 is 11.9 Å². The van der Waals surface area contributed by atoms with Gasteiger partial charge in [-0.25, -0.2) is 0 Å². The number of methoxy groups -OCH3 is 1. The summed E-state index contributed by atoms with van der Waals surface area (Å²) < 4.78 is 10.5. The van der Waals surface area contributed by atoms with Crippen LogP contribution >= 0.6 is 0 Å². The second-order valence-electron chi connectivity index (χ2n) is 8.03. The lowest BCUT2D eigenvalue weighted by Crippen LogP contribution is -2.28. The Kier molecular flexibility index (Phi) is 7.82. The van der Waals surface area contributed by atoms with Gasteiger partial charge in [-0.3, -0.25) is 14.4 Å². The van der Waals surface area contributed by atoms with Crippen molar-refractivity contribution in [3.05, 3.63) is 65.7 Å². The van der Waals surface area contributed by atoms with Crippen LogP contribution in [-0.4, -0.2) is 49.4 Å². The van der Waals surface area contributed by atoms with Gasteiger partial charge in [-0.2, -0.15) is 0 Å². The molecule has 0 N–H and O–H groups in total. The van der Waals surface area contributed by atoms with Crippen molar-refractivity contribution in [2.75, 3.05) is 26.8 Å². The predicted octanol–water partition coefficient (Wildman–Crippen LogP) is 3.54. The van der Waals surface area contributed by atoms with E-state index in [1.165, 1.54) is 5.56 Å². The number of ether oxygens (including phenoxy) is 2. The van der Waals surface area contributed by atoms with E-state index in [0.29, 0.717) is 30.8 Å². The van der Waals surface area contributed by atoms with Gasteiger partial charge >= 0.3 is 5.97 Å². The van der Waals surface area contributed by atoms with Gasteiger partial charge < -0.3 is 14.4 Å². The van der Waals surface area contributed by atoms with E-state index in [4.69, 9.17) is 9.47 Å². The van der Waals surface area contributed by atoms with Gasteiger partial charge in [-0.05, 0) is 36.2 Å². The second kappa shape index (κ2) is 10.8. The van der Waals surface area contributed by atoms with Gasteiger partial charge in [-0.15, -0.1) is 0 Å². The molecule has 1 fully saturated rings. The van der Waals surface area contributed by atoms with Crippen LogP contribution < -0.4 is 4.74 Å². The fourth-order valence-electron chi connectivity index (χ4n) is 3.69. The minimum atomic E-state index is -0.541. The average Bonchev–Trinajstić information content (AvgIpc) is 3.16. The van der Waals surface area contributed by atoms with Gasteiger partial charge in [0.25, 0.3) is 0 Å². The van der Waals surface area contributed by atoms with E-state index in [9.17, 15) is 14.4 Å². The number of Topliss-reactive ketones (excluding diaryl/α,β-unsaturated/α-hetero) is 1. The number of likely N-dealkylation sites (tertiary alicyclic amines) is 1. The summed E-state index contributed by atoms with van der Waals surface area (Å²) in [7, 11) is 1.56. The lowest BCUT2D eigenvalue weighted by atomic mass is 10.00. The van der Waals surface area contributed by atoms with Crippen molar-refractivity contribution in [1.29, 1.82) is 0 Å². The van der Waals surface area contributed by atoms with E-state index in [1.54, 1.807) is 38.3 Å². The summed E-state index contributed by atoms with van der Waals surface area (Å²) in [6.45, 7) is 3.15. The predicted molar refractivity (Wildman–Crippen MR) is 117 cm³/mol. The quantitative estimate of drug-likeness (QED) is 0.432. The Morgan fingerprint density at radius 2 is 1.81 bits per heavy atom. The third-order valence-electron chi connectivity index (χ3n) is 5.58. The van der Waals surface area contributed by atoms with Crippen LogP contribution in [0.2, 0.25) is 0 Å². The number of rotatable bonds is 10. The highest BCUT2D eigenvalue weighted by Gasteiger charge is 2.30. The Morgan fingerprint density at radius 3 is 2.48 bits per heavy atom. The molecule has 2 aromatic rings. The molecule has 0 spiro atoms. The number of carbonyl (C=O) groups is 3. The molecule has 31 heavy (non-hydrogen) atoms. The zero-order chi connectivity index (χ0) is 22.2. The smallest absolute Gasteiger partial charge is 0.309 e. The average molecular weight is 424 g/mol. The molecular formula is C25H29NO5. The van der Waals surface area contributed by atoms with Crippen molar-refractivity contribution in [3.63, 3.8) is 0 Å². The summed E-state index contributed by atoms with van der Waals surface area (Å²) >= 11 is 0. The first-order valence-electron chi connectivity index (χ1n) is 10.6. The summed E-state index contributed by atoms with van der Waals surface area (Å²) in [6.07, 6.45) is 1.28. The third-order valence-corrected chi connectivity index (χ3v) is 5.58. The third kappa shape index (κ3) is 6.41. The van der Waals surface area contributed by atoms with E-state index in [2.05, 4.69) is 12.1 Å². The summed E-state index contributed by atoms with van der Waals surface area (Å²) in [4.78, 5) is 38.8. The largest absolute Gasteiger partial charge is 0.497 e. The first-order chi connectivity index (χ1) is 15.0. The number of carbonyl (C=O) groups excluding carboxylic acids is 3. The number of hydrogen-bond donors (Lipinski definition) is 0. The molecule has 0 unspecified atom stereocenters. The van der Waals surface area contributed by atoms with Gasteiger partial charge in [0.1, 0.15) is 5.75 Å². The molecule has 3 rings (SSSR count). The number of esters is 1. The molecule has 0 bridgehead atoms. The number of ketones is 1. The number of nitrogens with zero attached hydrogens (tertiary/aromatic N) is 1. The first-order valence-corrected chi connectivity index (χ1v) is 10.6. The van der Waals surface area contributed by atoms with E-state index in [-0.39, 0.29) is 30.6 Å². The Labute approximate surface area is 183 Å². The monoisotopic (exact) mass is 423 g/mol. The molecule has 0 aliphatic carbocycles. The van der Waals surface area contributed by atoms with Crippen LogP contribution in [0, 0.1) is 11.8 Å². The highest BCUT2D eigenvalue weighted by atomic mass is 16.5. The molecule has 6 heteroatoms. The minimum absolute atomic E-state index is 0.00304. The van der Waals surface area contributed by atoms with Crippen molar-refractivity contribution in [3.8, 4) is 5.75 Å². The molecule has 2 aromatic carbocycles. The second-order valence-corrected chi connectivity index (χ2v) is 8.03. The van der Waals surface area contributed by atoms with Crippen molar-refractivity contribution in [2.24, 2.45) is 11.8 Å². The van der Waals surface area contributed by atoms with Gasteiger partial charge in [-0.1, -0.05) is 37.3 Å².